The zero-order valence-corrected chi connectivity index (χ0v) is 19.8. The highest BCUT2D eigenvalue weighted by atomic mass is 79.9. The number of benzene rings is 2. The number of halogens is 2. The molecule has 27 heavy (non-hydrogen) atoms. The number of hydrogen-bond acceptors (Lipinski definition) is 5. The van der Waals surface area contributed by atoms with Crippen LogP contribution in [-0.2, 0) is 9.09 Å². The van der Waals surface area contributed by atoms with Gasteiger partial charge in [0.05, 0.1) is 21.8 Å². The number of aromatic hydroxyl groups is 1. The lowest BCUT2D eigenvalue weighted by Crippen LogP contribution is -2.04. The van der Waals surface area contributed by atoms with Gasteiger partial charge < -0.3 is 19.7 Å². The maximum Gasteiger partial charge on any atom is 0.218 e. The Morgan fingerprint density at radius 2 is 1.81 bits per heavy atom. The van der Waals surface area contributed by atoms with E-state index in [1.807, 2.05) is 39.0 Å². The SMILES string of the molecule is CCOP(C)(=O)CNc1cc(Br)c(Oc2ccc(O)c(C(C)C)c2)c(Br)c1. The zero-order valence-electron chi connectivity index (χ0n) is 15.8. The van der Waals surface area contributed by atoms with Crippen molar-refractivity contribution in [2.45, 2.75) is 26.7 Å². The number of ether oxygens (including phenoxy) is 1. The number of anilines is 1. The molecule has 2 N–H and O–H groups in total. The first-order valence-electron chi connectivity index (χ1n) is 8.57. The van der Waals surface area contributed by atoms with Crippen LogP contribution in [0.3, 0.4) is 0 Å². The molecular formula is C19H24Br2NO4P. The first-order valence-corrected chi connectivity index (χ1v) is 12.4. The van der Waals surface area contributed by atoms with Crippen molar-refractivity contribution in [3.8, 4) is 17.2 Å². The van der Waals surface area contributed by atoms with Crippen LogP contribution in [0.25, 0.3) is 0 Å². The Morgan fingerprint density at radius 1 is 1.19 bits per heavy atom. The van der Waals surface area contributed by atoms with Crippen LogP contribution in [0.1, 0.15) is 32.3 Å². The number of rotatable bonds is 8. The first kappa shape index (κ1) is 22.3. The fourth-order valence-electron chi connectivity index (χ4n) is 2.49. The molecule has 0 saturated heterocycles. The average molecular weight is 521 g/mol. The van der Waals surface area contributed by atoms with Gasteiger partial charge in [-0.05, 0) is 75.0 Å². The van der Waals surface area contributed by atoms with Crippen LogP contribution in [0.2, 0.25) is 0 Å². The summed E-state index contributed by atoms with van der Waals surface area (Å²) in [5.41, 5.74) is 1.61. The van der Waals surface area contributed by atoms with Crippen molar-refractivity contribution < 1.29 is 18.9 Å². The summed E-state index contributed by atoms with van der Waals surface area (Å²) in [5.74, 6) is 1.69. The van der Waals surface area contributed by atoms with Gasteiger partial charge >= 0.3 is 0 Å². The molecule has 0 amide bonds. The molecule has 0 spiro atoms. The molecule has 148 valence electrons. The summed E-state index contributed by atoms with van der Waals surface area (Å²) in [5, 5.41) is 13.1. The van der Waals surface area contributed by atoms with Crippen LogP contribution in [-0.4, -0.2) is 24.7 Å². The van der Waals surface area contributed by atoms with Gasteiger partial charge in [0.15, 0.2) is 5.75 Å². The van der Waals surface area contributed by atoms with Crippen molar-refractivity contribution in [2.24, 2.45) is 0 Å². The van der Waals surface area contributed by atoms with E-state index in [0.29, 0.717) is 18.1 Å². The predicted molar refractivity (Wildman–Crippen MR) is 118 cm³/mol. The minimum absolute atomic E-state index is 0.182. The highest BCUT2D eigenvalue weighted by Gasteiger charge is 2.17. The lowest BCUT2D eigenvalue weighted by Gasteiger charge is -2.17. The molecule has 0 bridgehead atoms. The van der Waals surface area contributed by atoms with Crippen molar-refractivity contribution in [3.63, 3.8) is 0 Å². The normalized spacial score (nSPS) is 13.4. The molecule has 2 aromatic carbocycles. The molecule has 2 aromatic rings. The third kappa shape index (κ3) is 6.24. The van der Waals surface area contributed by atoms with Crippen LogP contribution in [0.15, 0.2) is 39.3 Å². The Morgan fingerprint density at radius 3 is 2.37 bits per heavy atom. The number of nitrogens with one attached hydrogen (secondary N) is 1. The van der Waals surface area contributed by atoms with E-state index in [2.05, 4.69) is 37.2 Å². The molecule has 8 heteroatoms. The third-order valence-corrected chi connectivity index (χ3v) is 6.53. The Balaban J connectivity index is 2.20. The van der Waals surface area contributed by atoms with Gasteiger partial charge in [0.25, 0.3) is 0 Å². The number of phenols is 1. The van der Waals surface area contributed by atoms with Crippen molar-refractivity contribution in [1.29, 1.82) is 0 Å². The number of hydrogen-bond donors (Lipinski definition) is 2. The Kier molecular flexibility index (Phi) is 7.81. The van der Waals surface area contributed by atoms with Gasteiger partial charge in [0.2, 0.25) is 7.37 Å². The first-order chi connectivity index (χ1) is 12.6. The summed E-state index contributed by atoms with van der Waals surface area (Å²) < 4.78 is 25.0. The highest BCUT2D eigenvalue weighted by Crippen LogP contribution is 2.44. The fraction of sp³-hybridized carbons (Fsp3) is 0.368. The predicted octanol–water partition coefficient (Wildman–Crippen LogP) is 7.15. The lowest BCUT2D eigenvalue weighted by molar-refractivity contribution is 0.338. The standard InChI is InChI=1S/C19H24Br2NO4P/c1-5-25-27(4,24)11-22-13-8-16(20)19(17(21)9-13)26-14-6-7-18(23)15(10-14)12(2)3/h6-10,12,22-23H,5,11H2,1-4H3. The van der Waals surface area contributed by atoms with Crippen molar-refractivity contribution in [1.82, 2.24) is 0 Å². The molecule has 5 nitrogen and oxygen atoms in total. The van der Waals surface area contributed by atoms with E-state index in [-0.39, 0.29) is 18.0 Å². The van der Waals surface area contributed by atoms with Gasteiger partial charge in [-0.3, -0.25) is 4.57 Å². The maximum absolute atomic E-state index is 12.2. The molecule has 0 aliphatic rings. The van der Waals surface area contributed by atoms with E-state index in [9.17, 15) is 9.67 Å². The molecule has 0 aliphatic heterocycles. The fourth-order valence-corrected chi connectivity index (χ4v) is 4.95. The summed E-state index contributed by atoms with van der Waals surface area (Å²) in [6, 6.07) is 8.91. The minimum Gasteiger partial charge on any atom is -0.508 e. The van der Waals surface area contributed by atoms with Crippen LogP contribution in [0, 0.1) is 0 Å². The van der Waals surface area contributed by atoms with Crippen molar-refractivity contribution >= 4 is 44.9 Å². The molecule has 0 saturated carbocycles. The molecule has 0 radical (unpaired) electrons. The van der Waals surface area contributed by atoms with Gasteiger partial charge in [0, 0.05) is 17.9 Å². The molecule has 0 aromatic heterocycles. The molecule has 1 atom stereocenters. The van der Waals surface area contributed by atoms with Gasteiger partial charge in [-0.2, -0.15) is 0 Å². The van der Waals surface area contributed by atoms with Gasteiger partial charge in [-0.25, -0.2) is 0 Å². The smallest absolute Gasteiger partial charge is 0.218 e. The van der Waals surface area contributed by atoms with Crippen molar-refractivity contribution in [2.75, 3.05) is 24.9 Å². The van der Waals surface area contributed by atoms with E-state index in [0.717, 1.165) is 20.2 Å². The van der Waals surface area contributed by atoms with E-state index < -0.39 is 7.37 Å². The molecule has 1 unspecified atom stereocenters. The topological polar surface area (TPSA) is 67.8 Å². The van der Waals surface area contributed by atoms with Crippen LogP contribution in [0.4, 0.5) is 5.69 Å². The van der Waals surface area contributed by atoms with Crippen LogP contribution < -0.4 is 10.1 Å². The molecular weight excluding hydrogens is 497 g/mol. The van der Waals surface area contributed by atoms with Crippen LogP contribution in [0.5, 0.6) is 17.2 Å². The summed E-state index contributed by atoms with van der Waals surface area (Å²) in [7, 11) is -2.67. The molecule has 0 aliphatic carbocycles. The van der Waals surface area contributed by atoms with E-state index in [1.54, 1.807) is 18.8 Å². The third-order valence-electron chi connectivity index (χ3n) is 3.81. The van der Waals surface area contributed by atoms with Gasteiger partial charge in [0.1, 0.15) is 11.5 Å². The summed E-state index contributed by atoms with van der Waals surface area (Å²) in [6.07, 6.45) is 0.246. The monoisotopic (exact) mass is 519 g/mol. The van der Waals surface area contributed by atoms with Crippen molar-refractivity contribution in [3.05, 3.63) is 44.8 Å². The van der Waals surface area contributed by atoms with Crippen LogP contribution >= 0.6 is 39.2 Å². The maximum atomic E-state index is 12.2. The average Bonchev–Trinajstić information content (AvgIpc) is 2.57. The van der Waals surface area contributed by atoms with E-state index >= 15 is 0 Å². The number of phenolic OH excluding ortho intramolecular Hbond substituents is 1. The Hall–Kier alpha value is -1.01. The lowest BCUT2D eigenvalue weighted by atomic mass is 10.0. The Labute approximate surface area is 177 Å². The van der Waals surface area contributed by atoms with Gasteiger partial charge in [-0.1, -0.05) is 13.8 Å². The highest BCUT2D eigenvalue weighted by molar-refractivity contribution is 9.11. The summed E-state index contributed by atoms with van der Waals surface area (Å²) in [6.45, 7) is 7.88. The van der Waals surface area contributed by atoms with Gasteiger partial charge in [-0.15, -0.1) is 0 Å². The molecule has 0 heterocycles. The summed E-state index contributed by atoms with van der Waals surface area (Å²) >= 11 is 7.05. The molecule has 0 fully saturated rings. The Bertz CT molecular complexity index is 835. The quantitative estimate of drug-likeness (QED) is 0.362. The summed E-state index contributed by atoms with van der Waals surface area (Å²) in [4.78, 5) is 0. The largest absolute Gasteiger partial charge is 0.508 e. The molecule has 2 rings (SSSR count). The second kappa shape index (κ2) is 9.46. The second-order valence-electron chi connectivity index (χ2n) is 6.51. The zero-order chi connectivity index (χ0) is 20.2. The minimum atomic E-state index is -2.67. The van der Waals surface area contributed by atoms with E-state index in [1.165, 1.54) is 0 Å². The van der Waals surface area contributed by atoms with E-state index in [4.69, 9.17) is 9.26 Å². The second-order valence-corrected chi connectivity index (χ2v) is 10.8.